The van der Waals surface area contributed by atoms with Gasteiger partial charge in [-0.15, -0.1) is 11.8 Å². The molecule has 136 valence electrons. The van der Waals surface area contributed by atoms with Crippen LogP contribution in [0.5, 0.6) is 0 Å². The first-order chi connectivity index (χ1) is 12.0. The summed E-state index contributed by atoms with van der Waals surface area (Å²) < 4.78 is 0. The minimum atomic E-state index is -0.168. The molecule has 1 aromatic rings. The van der Waals surface area contributed by atoms with E-state index in [0.717, 1.165) is 12.8 Å². The first kappa shape index (κ1) is 19.5. The van der Waals surface area contributed by atoms with Gasteiger partial charge in [0.1, 0.15) is 0 Å². The highest BCUT2D eigenvalue weighted by Crippen LogP contribution is 2.22. The largest absolute Gasteiger partial charge is 0.342 e. The van der Waals surface area contributed by atoms with Gasteiger partial charge in [0.2, 0.25) is 11.8 Å². The smallest absolute Gasteiger partial charge is 0.234 e. The SMILES string of the molecule is CC(=O)c1cccc(NC(=O)CSCC(=O)N(C)C2CCCCC2)c1. The summed E-state index contributed by atoms with van der Waals surface area (Å²) in [5, 5.41) is 2.77. The Kier molecular flexibility index (Phi) is 7.50. The number of hydrogen-bond acceptors (Lipinski definition) is 4. The maximum Gasteiger partial charge on any atom is 0.234 e. The summed E-state index contributed by atoms with van der Waals surface area (Å²) in [7, 11) is 1.87. The number of nitrogens with zero attached hydrogens (tertiary/aromatic N) is 1. The van der Waals surface area contributed by atoms with Crippen molar-refractivity contribution in [2.75, 3.05) is 23.9 Å². The fourth-order valence-electron chi connectivity index (χ4n) is 3.02. The maximum atomic E-state index is 12.2. The van der Waals surface area contributed by atoms with Gasteiger partial charge >= 0.3 is 0 Å². The van der Waals surface area contributed by atoms with Gasteiger partial charge in [0.15, 0.2) is 5.78 Å². The highest BCUT2D eigenvalue weighted by atomic mass is 32.2. The molecule has 5 nitrogen and oxygen atoms in total. The lowest BCUT2D eigenvalue weighted by Crippen LogP contribution is -2.39. The van der Waals surface area contributed by atoms with Gasteiger partial charge in [-0.3, -0.25) is 14.4 Å². The number of thioether (sulfide) groups is 1. The van der Waals surface area contributed by atoms with Crippen LogP contribution in [0.4, 0.5) is 5.69 Å². The Morgan fingerprint density at radius 2 is 1.88 bits per heavy atom. The van der Waals surface area contributed by atoms with E-state index in [0.29, 0.717) is 23.0 Å². The second kappa shape index (κ2) is 9.61. The third kappa shape index (κ3) is 6.20. The summed E-state index contributed by atoms with van der Waals surface area (Å²) in [5.41, 5.74) is 1.17. The van der Waals surface area contributed by atoms with Crippen LogP contribution < -0.4 is 5.32 Å². The van der Waals surface area contributed by atoms with Gasteiger partial charge < -0.3 is 10.2 Å². The molecule has 2 amide bonds. The highest BCUT2D eigenvalue weighted by molar-refractivity contribution is 8.00. The molecule has 0 saturated heterocycles. The molecule has 2 rings (SSSR count). The van der Waals surface area contributed by atoms with Crippen LogP contribution in [0.1, 0.15) is 49.4 Å². The van der Waals surface area contributed by atoms with Gasteiger partial charge in [-0.05, 0) is 31.9 Å². The number of Topliss-reactive ketones (excluding diaryl/α,β-unsaturated/α-hetero) is 1. The second-order valence-corrected chi connectivity index (χ2v) is 7.46. The van der Waals surface area contributed by atoms with Gasteiger partial charge in [0.25, 0.3) is 0 Å². The lowest BCUT2D eigenvalue weighted by atomic mass is 9.94. The van der Waals surface area contributed by atoms with Gasteiger partial charge in [0, 0.05) is 24.3 Å². The van der Waals surface area contributed by atoms with E-state index in [9.17, 15) is 14.4 Å². The molecule has 0 atom stereocenters. The van der Waals surface area contributed by atoms with Crippen LogP contribution in [0.2, 0.25) is 0 Å². The molecule has 25 heavy (non-hydrogen) atoms. The van der Waals surface area contributed by atoms with E-state index < -0.39 is 0 Å². The molecule has 0 spiro atoms. The minimum Gasteiger partial charge on any atom is -0.342 e. The van der Waals surface area contributed by atoms with Crippen molar-refractivity contribution < 1.29 is 14.4 Å². The number of amides is 2. The lowest BCUT2D eigenvalue weighted by molar-refractivity contribution is -0.129. The molecule has 0 radical (unpaired) electrons. The average molecular weight is 362 g/mol. The third-order valence-electron chi connectivity index (χ3n) is 4.53. The van der Waals surface area contributed by atoms with E-state index in [-0.39, 0.29) is 23.4 Å². The Bertz CT molecular complexity index is 627. The van der Waals surface area contributed by atoms with Crippen molar-refractivity contribution in [3.05, 3.63) is 29.8 Å². The molecule has 0 aromatic heterocycles. The highest BCUT2D eigenvalue weighted by Gasteiger charge is 2.21. The second-order valence-electron chi connectivity index (χ2n) is 6.47. The quantitative estimate of drug-likeness (QED) is 0.756. The summed E-state index contributed by atoms with van der Waals surface area (Å²) in [6.45, 7) is 1.49. The van der Waals surface area contributed by atoms with E-state index in [1.807, 2.05) is 11.9 Å². The van der Waals surface area contributed by atoms with E-state index in [4.69, 9.17) is 0 Å². The Labute approximate surface area is 153 Å². The number of benzene rings is 1. The van der Waals surface area contributed by atoms with Crippen LogP contribution >= 0.6 is 11.8 Å². The van der Waals surface area contributed by atoms with Crippen molar-refractivity contribution >= 4 is 35.0 Å². The molecule has 0 bridgehead atoms. The minimum absolute atomic E-state index is 0.0400. The topological polar surface area (TPSA) is 66.5 Å². The van der Waals surface area contributed by atoms with Crippen LogP contribution in [-0.4, -0.2) is 47.1 Å². The average Bonchev–Trinajstić information content (AvgIpc) is 2.61. The fourth-order valence-corrected chi connectivity index (χ4v) is 3.76. The van der Waals surface area contributed by atoms with Gasteiger partial charge in [0.05, 0.1) is 11.5 Å². The van der Waals surface area contributed by atoms with Crippen LogP contribution in [0, 0.1) is 0 Å². The normalized spacial score (nSPS) is 14.8. The Balaban J connectivity index is 1.73. The van der Waals surface area contributed by atoms with Crippen molar-refractivity contribution in [3.8, 4) is 0 Å². The van der Waals surface area contributed by atoms with Crippen LogP contribution in [0.25, 0.3) is 0 Å². The first-order valence-corrected chi connectivity index (χ1v) is 9.87. The number of nitrogens with one attached hydrogen (secondary N) is 1. The monoisotopic (exact) mass is 362 g/mol. The zero-order chi connectivity index (χ0) is 18.2. The van der Waals surface area contributed by atoms with E-state index in [1.54, 1.807) is 24.3 Å². The van der Waals surface area contributed by atoms with Crippen molar-refractivity contribution in [2.24, 2.45) is 0 Å². The number of hydrogen-bond donors (Lipinski definition) is 1. The molecule has 0 aliphatic heterocycles. The number of carbonyl (C=O) groups is 3. The molecular weight excluding hydrogens is 336 g/mol. The molecule has 1 aliphatic carbocycles. The molecule has 1 N–H and O–H groups in total. The van der Waals surface area contributed by atoms with Crippen LogP contribution in [-0.2, 0) is 9.59 Å². The number of ketones is 1. The van der Waals surface area contributed by atoms with E-state index in [2.05, 4.69) is 5.32 Å². The molecule has 0 heterocycles. The Morgan fingerprint density at radius 3 is 2.56 bits per heavy atom. The molecular formula is C19H26N2O3S. The molecule has 1 aliphatic rings. The van der Waals surface area contributed by atoms with Gasteiger partial charge in [-0.2, -0.15) is 0 Å². The van der Waals surface area contributed by atoms with Crippen molar-refractivity contribution in [1.82, 2.24) is 4.90 Å². The van der Waals surface area contributed by atoms with E-state index in [1.165, 1.54) is 37.9 Å². The summed E-state index contributed by atoms with van der Waals surface area (Å²) in [6, 6.07) is 7.21. The summed E-state index contributed by atoms with van der Waals surface area (Å²) in [4.78, 5) is 37.5. The van der Waals surface area contributed by atoms with Crippen LogP contribution in [0.15, 0.2) is 24.3 Å². The van der Waals surface area contributed by atoms with Crippen molar-refractivity contribution in [1.29, 1.82) is 0 Å². The molecule has 6 heteroatoms. The molecule has 1 fully saturated rings. The van der Waals surface area contributed by atoms with Crippen LogP contribution in [0.3, 0.4) is 0 Å². The van der Waals surface area contributed by atoms with Gasteiger partial charge in [-0.1, -0.05) is 31.4 Å². The standard InChI is InChI=1S/C19H26N2O3S/c1-14(22)15-7-6-8-16(11-15)20-18(23)12-25-13-19(24)21(2)17-9-4-3-5-10-17/h6-8,11,17H,3-5,9-10,12-13H2,1-2H3,(H,20,23). The summed E-state index contributed by atoms with van der Waals surface area (Å²) in [5.74, 6) is 0.409. The molecule has 0 unspecified atom stereocenters. The Morgan fingerprint density at radius 1 is 1.16 bits per heavy atom. The zero-order valence-corrected chi connectivity index (χ0v) is 15.7. The zero-order valence-electron chi connectivity index (χ0n) is 14.9. The van der Waals surface area contributed by atoms with Gasteiger partial charge in [-0.25, -0.2) is 0 Å². The third-order valence-corrected chi connectivity index (χ3v) is 5.44. The fraction of sp³-hybridized carbons (Fsp3) is 0.526. The van der Waals surface area contributed by atoms with E-state index >= 15 is 0 Å². The summed E-state index contributed by atoms with van der Waals surface area (Å²) >= 11 is 1.32. The maximum absolute atomic E-state index is 12.2. The number of anilines is 1. The predicted octanol–water partition coefficient (Wildman–Crippen LogP) is 3.35. The molecule has 1 aromatic carbocycles. The Hall–Kier alpha value is -1.82. The predicted molar refractivity (Wildman–Crippen MR) is 102 cm³/mol. The lowest BCUT2D eigenvalue weighted by Gasteiger charge is -2.31. The number of carbonyl (C=O) groups excluding carboxylic acids is 3. The summed E-state index contributed by atoms with van der Waals surface area (Å²) in [6.07, 6.45) is 5.81. The number of rotatable bonds is 7. The molecule has 1 saturated carbocycles. The van der Waals surface area contributed by atoms with Crippen molar-refractivity contribution in [2.45, 2.75) is 45.1 Å². The first-order valence-electron chi connectivity index (χ1n) is 8.71. The van der Waals surface area contributed by atoms with Crippen molar-refractivity contribution in [3.63, 3.8) is 0 Å².